The predicted molar refractivity (Wildman–Crippen MR) is 78.3 cm³/mol. The van der Waals surface area contributed by atoms with Crippen molar-refractivity contribution in [1.82, 2.24) is 0 Å². The average molecular weight is 297 g/mol. The molecule has 1 aliphatic heterocycles. The quantitative estimate of drug-likeness (QED) is 0.884. The van der Waals surface area contributed by atoms with Gasteiger partial charge in [-0.3, -0.25) is 9.59 Å². The Morgan fingerprint density at radius 2 is 2.14 bits per heavy atom. The first-order valence-corrected chi connectivity index (χ1v) is 7.32. The van der Waals surface area contributed by atoms with Crippen LogP contribution in [-0.2, 0) is 19.7 Å². The van der Waals surface area contributed by atoms with Gasteiger partial charge in [0.1, 0.15) is 11.2 Å². The molecule has 1 aliphatic carbocycles. The first-order valence-electron chi connectivity index (χ1n) is 7.32. The molecule has 1 aromatic heterocycles. The number of amides is 1. The highest BCUT2D eigenvalue weighted by atomic mass is 16.5. The molecule has 1 spiro atoms. The van der Waals surface area contributed by atoms with Gasteiger partial charge in [0.05, 0.1) is 24.7 Å². The fraction of sp³-hybridized carbons (Fsp3) is 0.294. The summed E-state index contributed by atoms with van der Waals surface area (Å²) in [6, 6.07) is 11.1. The third-order valence-corrected chi connectivity index (χ3v) is 4.59. The van der Waals surface area contributed by atoms with Crippen molar-refractivity contribution in [2.24, 2.45) is 5.92 Å². The van der Waals surface area contributed by atoms with Crippen LogP contribution in [0, 0.1) is 5.92 Å². The average Bonchev–Trinajstić information content (AvgIpc) is 2.80. The summed E-state index contributed by atoms with van der Waals surface area (Å²) < 4.78 is 10.7. The number of carbonyl (C=O) groups is 2. The van der Waals surface area contributed by atoms with Gasteiger partial charge in [-0.15, -0.1) is 0 Å². The Morgan fingerprint density at radius 3 is 2.86 bits per heavy atom. The number of hydrogen-bond acceptors (Lipinski definition) is 4. The Morgan fingerprint density at radius 1 is 1.32 bits per heavy atom. The first-order chi connectivity index (χ1) is 10.7. The normalized spacial score (nSPS) is 28.3. The number of furan rings is 1. The summed E-state index contributed by atoms with van der Waals surface area (Å²) in [7, 11) is 0. The molecule has 4 rings (SSSR count). The van der Waals surface area contributed by atoms with Gasteiger partial charge >= 0.3 is 5.97 Å². The highest BCUT2D eigenvalue weighted by Crippen LogP contribution is 2.69. The Kier molecular flexibility index (Phi) is 2.66. The van der Waals surface area contributed by atoms with Gasteiger partial charge in [0.2, 0.25) is 5.91 Å². The molecule has 3 atom stereocenters. The fourth-order valence-corrected chi connectivity index (χ4v) is 3.72. The lowest BCUT2D eigenvalue weighted by molar-refractivity contribution is -0.146. The van der Waals surface area contributed by atoms with Crippen LogP contribution in [0.15, 0.2) is 47.1 Å². The summed E-state index contributed by atoms with van der Waals surface area (Å²) in [6.07, 6.45) is 1.56. The Hall–Kier alpha value is -2.56. The molecule has 0 saturated heterocycles. The zero-order valence-corrected chi connectivity index (χ0v) is 12.0. The van der Waals surface area contributed by atoms with E-state index in [0.29, 0.717) is 12.4 Å². The van der Waals surface area contributed by atoms with Crippen molar-refractivity contribution in [2.45, 2.75) is 18.3 Å². The van der Waals surface area contributed by atoms with Crippen molar-refractivity contribution in [1.29, 1.82) is 0 Å². The molecule has 1 amide bonds. The van der Waals surface area contributed by atoms with Crippen LogP contribution in [-0.4, -0.2) is 18.5 Å². The van der Waals surface area contributed by atoms with Gasteiger partial charge in [-0.1, -0.05) is 18.2 Å². The summed E-state index contributed by atoms with van der Waals surface area (Å²) >= 11 is 0. The predicted octanol–water partition coefficient (Wildman–Crippen LogP) is 2.45. The fourth-order valence-electron chi connectivity index (χ4n) is 3.72. The van der Waals surface area contributed by atoms with E-state index in [9.17, 15) is 9.59 Å². The lowest BCUT2D eigenvalue weighted by atomic mass is 9.92. The van der Waals surface area contributed by atoms with Crippen molar-refractivity contribution in [3.8, 4) is 0 Å². The van der Waals surface area contributed by atoms with E-state index in [1.807, 2.05) is 24.3 Å². The van der Waals surface area contributed by atoms with E-state index in [2.05, 4.69) is 5.32 Å². The molecule has 5 nitrogen and oxygen atoms in total. The number of hydrogen-bond donors (Lipinski definition) is 1. The third-order valence-electron chi connectivity index (χ3n) is 4.59. The molecular formula is C17H15NO4. The molecule has 1 saturated carbocycles. The van der Waals surface area contributed by atoms with Crippen molar-refractivity contribution < 1.29 is 18.7 Å². The van der Waals surface area contributed by atoms with Crippen molar-refractivity contribution in [3.05, 3.63) is 54.0 Å². The number of nitrogens with one attached hydrogen (secondary N) is 1. The van der Waals surface area contributed by atoms with Crippen LogP contribution in [0.5, 0.6) is 0 Å². The molecule has 0 bridgehead atoms. The molecule has 2 aliphatic rings. The highest BCUT2D eigenvalue weighted by Gasteiger charge is 2.78. The van der Waals surface area contributed by atoms with Crippen LogP contribution in [0.4, 0.5) is 5.69 Å². The van der Waals surface area contributed by atoms with Crippen LogP contribution in [0.2, 0.25) is 0 Å². The number of esters is 1. The minimum atomic E-state index is -0.902. The standard InChI is InChI=1S/C17H15NO4/c1-2-21-15(19)14-13(12-8-5-9-22-12)17(14)10-6-3-4-7-11(10)18-16(17)20/h3-9,13-14H,2H2,1H3,(H,18,20)/t13-,14+,17-/m0/s1. The lowest BCUT2D eigenvalue weighted by Gasteiger charge is -2.08. The maximum Gasteiger partial charge on any atom is 0.311 e. The van der Waals surface area contributed by atoms with Crippen LogP contribution >= 0.6 is 0 Å². The molecule has 0 radical (unpaired) electrons. The molecule has 1 N–H and O–H groups in total. The Balaban J connectivity index is 1.85. The number of rotatable bonds is 3. The van der Waals surface area contributed by atoms with Crippen LogP contribution in [0.3, 0.4) is 0 Å². The second-order valence-electron chi connectivity index (χ2n) is 5.59. The molecule has 0 unspecified atom stereocenters. The van der Waals surface area contributed by atoms with Crippen LogP contribution in [0.1, 0.15) is 24.2 Å². The SMILES string of the molecule is CCOC(=O)[C@H]1[C@H](c2ccco2)[C@]12C(=O)Nc1ccccc12. The summed E-state index contributed by atoms with van der Waals surface area (Å²) in [6.45, 7) is 2.05. The van der Waals surface area contributed by atoms with Crippen LogP contribution in [0.25, 0.3) is 0 Å². The summed E-state index contributed by atoms with van der Waals surface area (Å²) in [5.74, 6) is -0.721. The number of anilines is 1. The van der Waals surface area contributed by atoms with E-state index < -0.39 is 11.3 Å². The minimum absolute atomic E-state index is 0.159. The lowest BCUT2D eigenvalue weighted by Crippen LogP contribution is -2.25. The Bertz CT molecular complexity index is 752. The third kappa shape index (κ3) is 1.48. The van der Waals surface area contributed by atoms with Gasteiger partial charge < -0.3 is 14.5 Å². The van der Waals surface area contributed by atoms with Crippen molar-refractivity contribution in [2.75, 3.05) is 11.9 Å². The summed E-state index contributed by atoms with van der Waals surface area (Å²) in [4.78, 5) is 25.1. The van der Waals surface area contributed by atoms with Gasteiger partial charge in [-0.25, -0.2) is 0 Å². The molecule has 2 aromatic rings. The second kappa shape index (κ2) is 4.47. The number of benzene rings is 1. The minimum Gasteiger partial charge on any atom is -0.469 e. The number of para-hydroxylation sites is 1. The van der Waals surface area contributed by atoms with Gasteiger partial charge in [0.25, 0.3) is 0 Å². The van der Waals surface area contributed by atoms with Gasteiger partial charge in [0, 0.05) is 5.69 Å². The number of fused-ring (bicyclic) bond motifs is 2. The number of ether oxygens (including phenoxy) is 1. The zero-order valence-electron chi connectivity index (χ0n) is 12.0. The van der Waals surface area contributed by atoms with E-state index >= 15 is 0 Å². The Labute approximate surface area is 127 Å². The zero-order chi connectivity index (χ0) is 15.3. The van der Waals surface area contributed by atoms with Crippen LogP contribution < -0.4 is 5.32 Å². The largest absolute Gasteiger partial charge is 0.469 e. The van der Waals surface area contributed by atoms with Gasteiger partial charge in [-0.2, -0.15) is 0 Å². The number of carbonyl (C=O) groups excluding carboxylic acids is 2. The smallest absolute Gasteiger partial charge is 0.311 e. The highest BCUT2D eigenvalue weighted by molar-refractivity contribution is 6.13. The topological polar surface area (TPSA) is 68.5 Å². The van der Waals surface area contributed by atoms with E-state index in [-0.39, 0.29) is 17.8 Å². The molecule has 22 heavy (non-hydrogen) atoms. The summed E-state index contributed by atoms with van der Waals surface area (Å²) in [5.41, 5.74) is 0.705. The van der Waals surface area contributed by atoms with E-state index in [1.165, 1.54) is 0 Å². The summed E-state index contributed by atoms with van der Waals surface area (Å²) in [5, 5.41) is 2.88. The van der Waals surface area contributed by atoms with E-state index in [4.69, 9.17) is 9.15 Å². The molecule has 1 aromatic carbocycles. The maximum atomic E-state index is 12.7. The molecule has 5 heteroatoms. The molecule has 1 fully saturated rings. The van der Waals surface area contributed by atoms with E-state index in [1.54, 1.807) is 25.3 Å². The monoisotopic (exact) mass is 297 g/mol. The molecule has 112 valence electrons. The first kappa shape index (κ1) is 13.1. The van der Waals surface area contributed by atoms with Crippen molar-refractivity contribution >= 4 is 17.6 Å². The maximum absolute atomic E-state index is 12.7. The van der Waals surface area contributed by atoms with Crippen molar-refractivity contribution in [3.63, 3.8) is 0 Å². The van der Waals surface area contributed by atoms with E-state index in [0.717, 1.165) is 11.3 Å². The second-order valence-corrected chi connectivity index (χ2v) is 5.59. The van der Waals surface area contributed by atoms with Gasteiger partial charge in [0.15, 0.2) is 0 Å². The molecular weight excluding hydrogens is 282 g/mol. The molecule has 2 heterocycles. The van der Waals surface area contributed by atoms with Gasteiger partial charge in [-0.05, 0) is 30.7 Å².